The number of carbonyl (C=O) groups is 4. The predicted octanol–water partition coefficient (Wildman–Crippen LogP) is 12.0. The van der Waals surface area contributed by atoms with Crippen molar-refractivity contribution in [3.8, 4) is 0 Å². The summed E-state index contributed by atoms with van der Waals surface area (Å²) >= 11 is 11.5. The van der Waals surface area contributed by atoms with Gasteiger partial charge in [-0.15, -0.1) is 0 Å². The first-order valence-electron chi connectivity index (χ1n) is 20.9. The van der Waals surface area contributed by atoms with Gasteiger partial charge in [0.05, 0.1) is 7.11 Å². The number of hydrogen-bond acceptors (Lipinski definition) is 9. The van der Waals surface area contributed by atoms with Crippen LogP contribution in [0.25, 0.3) is 0 Å². The normalized spacial score (nSPS) is 14.9. The van der Waals surface area contributed by atoms with E-state index in [1.807, 2.05) is 27.7 Å². The van der Waals surface area contributed by atoms with Crippen molar-refractivity contribution in [1.29, 1.82) is 0 Å². The summed E-state index contributed by atoms with van der Waals surface area (Å²) in [5.41, 5.74) is -0.354. The van der Waals surface area contributed by atoms with Gasteiger partial charge in [0, 0.05) is 35.3 Å². The molecule has 0 aromatic heterocycles. The van der Waals surface area contributed by atoms with Gasteiger partial charge in [-0.05, 0) is 116 Å². The van der Waals surface area contributed by atoms with Crippen LogP contribution in [0.3, 0.4) is 0 Å². The first-order chi connectivity index (χ1) is 27.8. The number of nitrogens with one attached hydrogen (secondary N) is 3. The predicted molar refractivity (Wildman–Crippen MR) is 244 cm³/mol. The van der Waals surface area contributed by atoms with Crippen molar-refractivity contribution in [1.82, 2.24) is 16.0 Å². The van der Waals surface area contributed by atoms with Crippen LogP contribution in [0.15, 0.2) is 48.5 Å². The fourth-order valence-corrected chi connectivity index (χ4v) is 6.17. The molecule has 2 aliphatic carbocycles. The van der Waals surface area contributed by atoms with E-state index in [1.165, 1.54) is 71.3 Å². The number of ether oxygens (including phenoxy) is 4. The Bertz CT molecular complexity index is 1430. The fourth-order valence-electron chi connectivity index (χ4n) is 5.92. The first kappa shape index (κ1) is 58.5. The highest BCUT2D eigenvalue weighted by Crippen LogP contribution is 2.23. The van der Waals surface area contributed by atoms with Crippen molar-refractivity contribution in [3.63, 3.8) is 0 Å². The third-order valence-corrected chi connectivity index (χ3v) is 9.01. The molecule has 4 N–H and O–H groups in total. The molecule has 0 unspecified atom stereocenters. The van der Waals surface area contributed by atoms with Gasteiger partial charge in [0.15, 0.2) is 12.1 Å². The summed E-state index contributed by atoms with van der Waals surface area (Å²) in [5, 5.41) is 18.8. The number of aliphatic carboxylic acids is 1. The van der Waals surface area contributed by atoms with Crippen molar-refractivity contribution < 1.29 is 43.2 Å². The number of alkyl carbamates (subject to hydrolysis) is 2. The lowest BCUT2D eigenvalue weighted by atomic mass is 9.91. The monoisotopic (exact) mass is 886 g/mol. The summed E-state index contributed by atoms with van der Waals surface area (Å²) in [6.45, 7) is 20.0. The number of carboxylic acids is 1. The highest BCUT2D eigenvalue weighted by molar-refractivity contribution is 6.30. The zero-order valence-electron chi connectivity index (χ0n) is 37.4. The summed E-state index contributed by atoms with van der Waals surface area (Å²) in [6, 6.07) is 12.4. The van der Waals surface area contributed by atoms with Gasteiger partial charge in [0.25, 0.3) is 0 Å². The number of halogens is 2. The molecule has 0 spiro atoms. The third-order valence-electron chi connectivity index (χ3n) is 8.50. The molecule has 2 aromatic carbocycles. The Balaban J connectivity index is 0. The van der Waals surface area contributed by atoms with E-state index in [1.54, 1.807) is 90.1 Å². The number of carbonyl (C=O) groups excluding carboxylic acids is 3. The van der Waals surface area contributed by atoms with Crippen LogP contribution in [0.4, 0.5) is 9.59 Å². The Morgan fingerprint density at radius 2 is 0.983 bits per heavy atom. The first-order valence-corrected chi connectivity index (χ1v) is 21.7. The van der Waals surface area contributed by atoms with Crippen LogP contribution < -0.4 is 16.0 Å². The van der Waals surface area contributed by atoms with Crippen LogP contribution in [0.2, 0.25) is 10.0 Å². The zero-order chi connectivity index (χ0) is 45.0. The summed E-state index contributed by atoms with van der Waals surface area (Å²) < 4.78 is 19.7. The lowest BCUT2D eigenvalue weighted by Gasteiger charge is -2.30. The molecule has 0 aliphatic heterocycles. The minimum atomic E-state index is -1.17. The molecule has 2 aromatic rings. The maximum absolute atomic E-state index is 11.8. The highest BCUT2D eigenvalue weighted by Gasteiger charge is 2.27. The molecular formula is C46H77Cl2N3O9. The molecular weight excluding hydrogens is 809 g/mol. The van der Waals surface area contributed by atoms with Crippen LogP contribution in [-0.4, -0.2) is 72.8 Å². The van der Waals surface area contributed by atoms with Gasteiger partial charge in [0.1, 0.15) is 11.2 Å². The highest BCUT2D eigenvalue weighted by atomic mass is 35.5. The van der Waals surface area contributed by atoms with Gasteiger partial charge in [-0.25, -0.2) is 19.2 Å². The van der Waals surface area contributed by atoms with E-state index in [0.29, 0.717) is 21.2 Å². The largest absolute Gasteiger partial charge is 0.479 e. The van der Waals surface area contributed by atoms with E-state index in [2.05, 4.69) is 20.7 Å². The van der Waals surface area contributed by atoms with Crippen LogP contribution >= 0.6 is 23.2 Å². The molecule has 2 aliphatic rings. The summed E-state index contributed by atoms with van der Waals surface area (Å²) in [5.74, 6) is -1.76. The van der Waals surface area contributed by atoms with Gasteiger partial charge in [-0.1, -0.05) is 107 Å². The Kier molecular flexibility index (Phi) is 31.4. The molecule has 2 atom stereocenters. The molecule has 2 fully saturated rings. The quantitative estimate of drug-likeness (QED) is 0.133. The van der Waals surface area contributed by atoms with Crippen LogP contribution in [0, 0.1) is 0 Å². The van der Waals surface area contributed by atoms with E-state index < -0.39 is 47.4 Å². The average molecular weight is 887 g/mol. The smallest absolute Gasteiger partial charge is 0.408 e. The summed E-state index contributed by atoms with van der Waals surface area (Å²) in [4.78, 5) is 46.3. The minimum absolute atomic E-state index is 0. The Morgan fingerprint density at radius 3 is 1.27 bits per heavy atom. The Labute approximate surface area is 371 Å². The number of benzene rings is 2. The van der Waals surface area contributed by atoms with Crippen molar-refractivity contribution in [2.75, 3.05) is 20.3 Å². The molecule has 2 amide bonds. The summed E-state index contributed by atoms with van der Waals surface area (Å²) in [6.07, 6.45) is 13.1. The standard InChI is InChI=1S/C14H18ClNO4.C13H16ClNO4.C12H23N.C4H10O.C2H6.CH4/c1-14(2,3)20-13(18)16-11(12(17)19-4)9-5-7-10(15)8-6-9;1-13(2,3)19-12(18)15-10(11(16)17)8-4-6-9(14)7-5-8;1-3-7-11(8-4-1)13-12-9-5-2-6-10-12;1-3-5-4-2;1-2;/h5-8,11H,1-4H3,(H,16,18);4-7,10H,1-3H3,(H,15,18)(H,16,17);11-13H,1-10H2;3-4H2,1-2H3;1-2H3;1H4/t11-;10-;;;;/m00..../s1. The summed E-state index contributed by atoms with van der Waals surface area (Å²) in [7, 11) is 1.25. The van der Waals surface area contributed by atoms with Crippen molar-refractivity contribution in [2.45, 2.75) is 176 Å². The Morgan fingerprint density at radius 1 is 0.650 bits per heavy atom. The van der Waals surface area contributed by atoms with Crippen molar-refractivity contribution in [2.24, 2.45) is 0 Å². The number of methoxy groups -OCH3 is 1. The molecule has 344 valence electrons. The van der Waals surface area contributed by atoms with Crippen LogP contribution in [-0.2, 0) is 28.5 Å². The Hall–Kier alpha value is -3.58. The van der Waals surface area contributed by atoms with Gasteiger partial charge in [0.2, 0.25) is 0 Å². The number of esters is 1. The lowest BCUT2D eigenvalue weighted by molar-refractivity contribution is -0.143. The second-order valence-electron chi connectivity index (χ2n) is 15.7. The topological polar surface area (TPSA) is 162 Å². The molecule has 14 heteroatoms. The van der Waals surface area contributed by atoms with Crippen molar-refractivity contribution in [3.05, 3.63) is 69.7 Å². The second kappa shape index (κ2) is 32.2. The molecule has 0 bridgehead atoms. The minimum Gasteiger partial charge on any atom is -0.479 e. The van der Waals surface area contributed by atoms with Crippen LogP contribution in [0.5, 0.6) is 0 Å². The molecule has 2 saturated carbocycles. The lowest BCUT2D eigenvalue weighted by Crippen LogP contribution is -2.40. The van der Waals surface area contributed by atoms with E-state index >= 15 is 0 Å². The molecule has 0 radical (unpaired) electrons. The molecule has 12 nitrogen and oxygen atoms in total. The molecule has 4 rings (SSSR count). The van der Waals surface area contributed by atoms with Gasteiger partial charge in [-0.2, -0.15) is 0 Å². The fraction of sp³-hybridized carbons (Fsp3) is 0.652. The van der Waals surface area contributed by atoms with E-state index in [4.69, 9.17) is 42.5 Å². The van der Waals surface area contributed by atoms with Gasteiger partial charge >= 0.3 is 24.1 Å². The van der Waals surface area contributed by atoms with E-state index in [-0.39, 0.29) is 7.43 Å². The van der Waals surface area contributed by atoms with Crippen molar-refractivity contribution >= 4 is 47.3 Å². The molecule has 0 heterocycles. The van der Waals surface area contributed by atoms with Crippen LogP contribution in [0.1, 0.15) is 164 Å². The van der Waals surface area contributed by atoms with Gasteiger partial charge < -0.3 is 40.0 Å². The maximum atomic E-state index is 11.8. The SMILES string of the molecule is C.C1CCC(NC2CCCCC2)CC1.CC.CC(C)(C)OC(=O)N[C@H](C(=O)O)c1ccc(Cl)cc1.CCOCC.COC(=O)[C@@H](NC(=O)OC(C)(C)C)c1ccc(Cl)cc1. The second-order valence-corrected chi connectivity index (χ2v) is 16.6. The zero-order valence-corrected chi connectivity index (χ0v) is 38.9. The number of amides is 2. The average Bonchev–Trinajstić information content (AvgIpc) is 3.18. The maximum Gasteiger partial charge on any atom is 0.408 e. The molecule has 60 heavy (non-hydrogen) atoms. The van der Waals surface area contributed by atoms with E-state index in [0.717, 1.165) is 25.3 Å². The molecule has 0 saturated heterocycles. The number of carboxylic acid groups (broad SMARTS) is 1. The van der Waals surface area contributed by atoms with Gasteiger partial charge in [-0.3, -0.25) is 0 Å². The third kappa shape index (κ3) is 28.0. The number of hydrogen-bond donors (Lipinski definition) is 4. The number of rotatable bonds is 10. The van der Waals surface area contributed by atoms with E-state index in [9.17, 15) is 19.2 Å².